The summed E-state index contributed by atoms with van der Waals surface area (Å²) in [5, 5.41) is 4.08. The molecule has 0 unspecified atom stereocenters. The Morgan fingerprint density at radius 3 is 2.70 bits per heavy atom. The maximum atomic E-state index is 5.41. The number of hydrogen-bond donors (Lipinski definition) is 0. The second-order valence-electron chi connectivity index (χ2n) is 5.24. The number of rotatable bonds is 6. The maximum absolute atomic E-state index is 5.41. The standard InChI is InChI=1S/C16H17BrN4OS/c1-3-12(11-6-8-18-9-7-11)21(2)10-15-19-16(20-22-15)13-4-5-14(17)23-13/h4-9,12H,3,10H2,1-2H3/t12-/m1/s1. The smallest absolute Gasteiger partial charge is 0.241 e. The number of nitrogens with zero attached hydrogens (tertiary/aromatic N) is 4. The first kappa shape index (κ1) is 16.3. The van der Waals surface area contributed by atoms with E-state index in [1.165, 1.54) is 5.56 Å². The Bertz CT molecular complexity index is 758. The van der Waals surface area contributed by atoms with Crippen LogP contribution < -0.4 is 0 Å². The van der Waals surface area contributed by atoms with Crippen LogP contribution in [0, 0.1) is 0 Å². The van der Waals surface area contributed by atoms with Gasteiger partial charge in [-0.2, -0.15) is 4.98 Å². The summed E-state index contributed by atoms with van der Waals surface area (Å²) in [5.74, 6) is 1.26. The summed E-state index contributed by atoms with van der Waals surface area (Å²) < 4.78 is 6.46. The van der Waals surface area contributed by atoms with Crippen LogP contribution in [0.2, 0.25) is 0 Å². The van der Waals surface area contributed by atoms with E-state index in [0.29, 0.717) is 24.3 Å². The highest BCUT2D eigenvalue weighted by Gasteiger charge is 2.18. The molecule has 0 aliphatic rings. The molecule has 7 heteroatoms. The lowest BCUT2D eigenvalue weighted by molar-refractivity contribution is 0.199. The summed E-state index contributed by atoms with van der Waals surface area (Å²) in [6.45, 7) is 2.78. The van der Waals surface area contributed by atoms with Crippen LogP contribution in [0.3, 0.4) is 0 Å². The van der Waals surface area contributed by atoms with Gasteiger partial charge in [0.05, 0.1) is 15.2 Å². The molecule has 3 heterocycles. The van der Waals surface area contributed by atoms with E-state index >= 15 is 0 Å². The Morgan fingerprint density at radius 1 is 1.26 bits per heavy atom. The third kappa shape index (κ3) is 3.85. The molecule has 0 bridgehead atoms. The SMILES string of the molecule is CC[C@H](c1ccncc1)N(C)Cc1nc(-c2ccc(Br)s2)no1. The highest BCUT2D eigenvalue weighted by molar-refractivity contribution is 9.11. The monoisotopic (exact) mass is 392 g/mol. The van der Waals surface area contributed by atoms with E-state index in [9.17, 15) is 0 Å². The van der Waals surface area contributed by atoms with Crippen LogP contribution in [-0.4, -0.2) is 27.1 Å². The molecular weight excluding hydrogens is 376 g/mol. The largest absolute Gasteiger partial charge is 0.338 e. The fourth-order valence-corrected chi connectivity index (χ4v) is 3.88. The normalized spacial score (nSPS) is 12.7. The lowest BCUT2D eigenvalue weighted by Crippen LogP contribution is -2.24. The van der Waals surface area contributed by atoms with Crippen molar-refractivity contribution in [2.24, 2.45) is 0 Å². The molecule has 120 valence electrons. The van der Waals surface area contributed by atoms with E-state index in [0.717, 1.165) is 15.1 Å². The van der Waals surface area contributed by atoms with Crippen molar-refractivity contribution in [3.05, 3.63) is 51.9 Å². The number of thiophene rings is 1. The third-order valence-corrected chi connectivity index (χ3v) is 5.28. The lowest BCUT2D eigenvalue weighted by atomic mass is 10.0. The average Bonchev–Trinajstić information content (AvgIpc) is 3.18. The molecule has 0 radical (unpaired) electrons. The first-order valence-electron chi connectivity index (χ1n) is 7.36. The second kappa shape index (κ2) is 7.33. The van der Waals surface area contributed by atoms with Crippen molar-refractivity contribution in [1.29, 1.82) is 0 Å². The molecule has 3 aromatic rings. The fourth-order valence-electron chi connectivity index (χ4n) is 2.56. The van der Waals surface area contributed by atoms with E-state index in [1.807, 2.05) is 36.7 Å². The molecule has 1 atom stereocenters. The minimum atomic E-state index is 0.296. The Kier molecular flexibility index (Phi) is 5.20. The molecule has 0 fully saturated rings. The first-order valence-corrected chi connectivity index (χ1v) is 8.96. The van der Waals surface area contributed by atoms with Gasteiger partial charge in [-0.25, -0.2) is 0 Å². The number of hydrogen-bond acceptors (Lipinski definition) is 6. The Labute approximate surface area is 147 Å². The fraction of sp³-hybridized carbons (Fsp3) is 0.312. The van der Waals surface area contributed by atoms with Crippen LogP contribution in [-0.2, 0) is 6.54 Å². The molecule has 0 amide bonds. The molecule has 0 spiro atoms. The predicted molar refractivity (Wildman–Crippen MR) is 94.0 cm³/mol. The van der Waals surface area contributed by atoms with Gasteiger partial charge in [0, 0.05) is 18.4 Å². The van der Waals surface area contributed by atoms with Gasteiger partial charge in [0.2, 0.25) is 11.7 Å². The van der Waals surface area contributed by atoms with Crippen molar-refractivity contribution in [1.82, 2.24) is 20.0 Å². The van der Waals surface area contributed by atoms with Crippen LogP contribution in [0.25, 0.3) is 10.7 Å². The molecule has 0 saturated carbocycles. The van der Waals surface area contributed by atoms with E-state index in [4.69, 9.17) is 4.52 Å². The minimum Gasteiger partial charge on any atom is -0.338 e. The van der Waals surface area contributed by atoms with Crippen molar-refractivity contribution in [2.45, 2.75) is 25.9 Å². The topological polar surface area (TPSA) is 55.1 Å². The van der Waals surface area contributed by atoms with Gasteiger partial charge in [-0.05, 0) is 59.2 Å². The van der Waals surface area contributed by atoms with E-state index in [1.54, 1.807) is 11.3 Å². The van der Waals surface area contributed by atoms with Crippen molar-refractivity contribution >= 4 is 27.3 Å². The summed E-state index contributed by atoms with van der Waals surface area (Å²) in [7, 11) is 2.07. The van der Waals surface area contributed by atoms with Gasteiger partial charge in [0.15, 0.2) is 0 Å². The van der Waals surface area contributed by atoms with Crippen LogP contribution in [0.15, 0.2) is 45.0 Å². The highest BCUT2D eigenvalue weighted by Crippen LogP contribution is 2.30. The van der Waals surface area contributed by atoms with Crippen molar-refractivity contribution in [3.63, 3.8) is 0 Å². The zero-order valence-electron chi connectivity index (χ0n) is 12.9. The van der Waals surface area contributed by atoms with Gasteiger partial charge >= 0.3 is 0 Å². The van der Waals surface area contributed by atoms with Crippen molar-refractivity contribution < 1.29 is 4.52 Å². The Hall–Kier alpha value is -1.57. The summed E-state index contributed by atoms with van der Waals surface area (Å²) in [6, 6.07) is 8.36. The van der Waals surface area contributed by atoms with Gasteiger partial charge in [-0.3, -0.25) is 9.88 Å². The molecule has 0 aromatic carbocycles. The summed E-state index contributed by atoms with van der Waals surface area (Å²) in [4.78, 5) is 11.8. The van der Waals surface area contributed by atoms with Gasteiger partial charge < -0.3 is 4.52 Å². The molecule has 0 saturated heterocycles. The summed E-state index contributed by atoms with van der Waals surface area (Å²) in [6.07, 6.45) is 4.65. The predicted octanol–water partition coefficient (Wildman–Crippen LogP) is 4.54. The number of aromatic nitrogens is 3. The third-order valence-electron chi connectivity index (χ3n) is 3.66. The molecular formula is C16H17BrN4OS. The molecule has 5 nitrogen and oxygen atoms in total. The van der Waals surface area contributed by atoms with E-state index < -0.39 is 0 Å². The summed E-state index contributed by atoms with van der Waals surface area (Å²) >= 11 is 5.04. The van der Waals surface area contributed by atoms with Crippen LogP contribution in [0.4, 0.5) is 0 Å². The molecule has 0 aliphatic carbocycles. The zero-order valence-corrected chi connectivity index (χ0v) is 15.3. The zero-order chi connectivity index (χ0) is 16.2. The van der Waals surface area contributed by atoms with E-state index in [2.05, 4.69) is 49.9 Å². The molecule has 0 aliphatic heterocycles. The summed E-state index contributed by atoms with van der Waals surface area (Å²) in [5.41, 5.74) is 1.24. The van der Waals surface area contributed by atoms with Gasteiger partial charge in [-0.15, -0.1) is 11.3 Å². The van der Waals surface area contributed by atoms with Gasteiger partial charge in [-0.1, -0.05) is 12.1 Å². The molecule has 3 rings (SSSR count). The second-order valence-corrected chi connectivity index (χ2v) is 7.70. The van der Waals surface area contributed by atoms with Gasteiger partial charge in [0.25, 0.3) is 0 Å². The number of pyridine rings is 1. The van der Waals surface area contributed by atoms with Crippen molar-refractivity contribution in [2.75, 3.05) is 7.05 Å². The number of halogens is 1. The maximum Gasteiger partial charge on any atom is 0.241 e. The molecule has 23 heavy (non-hydrogen) atoms. The van der Waals surface area contributed by atoms with Gasteiger partial charge in [0.1, 0.15) is 0 Å². The first-order chi connectivity index (χ1) is 11.2. The molecule has 0 N–H and O–H groups in total. The van der Waals surface area contributed by atoms with Crippen LogP contribution >= 0.6 is 27.3 Å². The van der Waals surface area contributed by atoms with E-state index in [-0.39, 0.29) is 0 Å². The average molecular weight is 393 g/mol. The molecule has 3 aromatic heterocycles. The highest BCUT2D eigenvalue weighted by atomic mass is 79.9. The Morgan fingerprint density at radius 2 is 2.04 bits per heavy atom. The quantitative estimate of drug-likeness (QED) is 0.616. The lowest BCUT2D eigenvalue weighted by Gasteiger charge is -2.25. The minimum absolute atomic E-state index is 0.296. The van der Waals surface area contributed by atoms with Crippen LogP contribution in [0.1, 0.15) is 30.8 Å². The van der Waals surface area contributed by atoms with Crippen molar-refractivity contribution in [3.8, 4) is 10.7 Å². The Balaban J connectivity index is 1.72. The van der Waals surface area contributed by atoms with Crippen LogP contribution in [0.5, 0.6) is 0 Å².